The molecule has 1 aromatic carbocycles. The summed E-state index contributed by atoms with van der Waals surface area (Å²) in [5.74, 6) is 0. The summed E-state index contributed by atoms with van der Waals surface area (Å²) in [6, 6.07) is 6.85. The Morgan fingerprint density at radius 3 is 2.61 bits per heavy atom. The van der Waals surface area contributed by atoms with E-state index in [4.69, 9.17) is 0 Å². The van der Waals surface area contributed by atoms with Gasteiger partial charge in [0, 0.05) is 6.54 Å². The van der Waals surface area contributed by atoms with Crippen LogP contribution >= 0.6 is 0 Å². The van der Waals surface area contributed by atoms with Gasteiger partial charge in [0.2, 0.25) is 0 Å². The van der Waals surface area contributed by atoms with Crippen molar-refractivity contribution in [3.63, 3.8) is 0 Å². The van der Waals surface area contributed by atoms with E-state index in [-0.39, 0.29) is 0 Å². The number of hydrogen-bond donors (Lipinski definition) is 3. The maximum Gasteiger partial charge on any atom is 0.422 e. The Labute approximate surface area is 106 Å². The topological polar surface area (TPSA) is 96.5 Å². The predicted octanol–water partition coefficient (Wildman–Crippen LogP) is 0.419. The van der Waals surface area contributed by atoms with E-state index in [0.29, 0.717) is 12.2 Å². The molecule has 0 heterocycles. The zero-order valence-electron chi connectivity index (χ0n) is 10.1. The van der Waals surface area contributed by atoms with Crippen LogP contribution in [0.2, 0.25) is 0 Å². The number of benzene rings is 1. The Hall–Kier alpha value is -1.80. The van der Waals surface area contributed by atoms with Gasteiger partial charge in [0.25, 0.3) is 0 Å². The number of methoxy groups -OCH3 is 1. The van der Waals surface area contributed by atoms with Gasteiger partial charge in [-0.1, -0.05) is 18.2 Å². The van der Waals surface area contributed by atoms with Crippen LogP contribution in [0.3, 0.4) is 0 Å². The zero-order valence-corrected chi connectivity index (χ0v) is 10.9. The van der Waals surface area contributed by atoms with Gasteiger partial charge < -0.3 is 10.1 Å². The number of rotatable bonds is 5. The zero-order chi connectivity index (χ0) is 13.6. The van der Waals surface area contributed by atoms with Crippen molar-refractivity contribution in [3.8, 4) is 0 Å². The Balaban J connectivity index is 2.87. The Morgan fingerprint density at radius 1 is 1.33 bits per heavy atom. The minimum Gasteiger partial charge on any atom is -0.452 e. The molecular weight excluding hydrogens is 258 g/mol. The van der Waals surface area contributed by atoms with Crippen LogP contribution in [0.15, 0.2) is 24.3 Å². The fourth-order valence-electron chi connectivity index (χ4n) is 1.29. The quantitative estimate of drug-likeness (QED) is 0.722. The maximum absolute atomic E-state index is 11.6. The standard InChI is InChI=1S/C10H15N3O4S/c1-11-7-8-5-3-4-6-9(8)12-18(15,16)13-10(14)17-2/h3-6,11-12H,7H2,1-2H3,(H,13,14). The van der Waals surface area contributed by atoms with Crippen molar-refractivity contribution in [2.24, 2.45) is 0 Å². The first-order chi connectivity index (χ1) is 8.48. The SMILES string of the molecule is CNCc1ccccc1NS(=O)(=O)NC(=O)OC. The number of amides is 1. The van der Waals surface area contributed by atoms with Crippen molar-refractivity contribution >= 4 is 22.0 Å². The molecule has 0 fully saturated rings. The predicted molar refractivity (Wildman–Crippen MR) is 67.3 cm³/mol. The summed E-state index contributed by atoms with van der Waals surface area (Å²) in [5.41, 5.74) is 1.15. The first-order valence-electron chi connectivity index (χ1n) is 5.09. The van der Waals surface area contributed by atoms with Crippen LogP contribution in [0.4, 0.5) is 10.5 Å². The molecule has 18 heavy (non-hydrogen) atoms. The average Bonchev–Trinajstić information content (AvgIpc) is 2.31. The Morgan fingerprint density at radius 2 is 2.00 bits per heavy atom. The number of carbonyl (C=O) groups excluding carboxylic acids is 1. The van der Waals surface area contributed by atoms with Crippen molar-refractivity contribution in [2.45, 2.75) is 6.54 Å². The highest BCUT2D eigenvalue weighted by molar-refractivity contribution is 7.91. The lowest BCUT2D eigenvalue weighted by molar-refractivity contribution is 0.177. The number of nitrogens with one attached hydrogen (secondary N) is 3. The van der Waals surface area contributed by atoms with E-state index in [1.807, 2.05) is 0 Å². The molecular formula is C10H15N3O4S. The average molecular weight is 273 g/mol. The molecule has 0 saturated carbocycles. The second-order valence-corrected chi connectivity index (χ2v) is 4.80. The molecule has 0 radical (unpaired) electrons. The molecule has 1 aromatic rings. The first kappa shape index (κ1) is 14.3. The van der Waals surface area contributed by atoms with Gasteiger partial charge in [-0.15, -0.1) is 0 Å². The summed E-state index contributed by atoms with van der Waals surface area (Å²) in [6.45, 7) is 0.497. The van der Waals surface area contributed by atoms with Gasteiger partial charge >= 0.3 is 16.3 Å². The highest BCUT2D eigenvalue weighted by Crippen LogP contribution is 2.15. The van der Waals surface area contributed by atoms with Gasteiger partial charge in [-0.25, -0.2) is 9.52 Å². The molecule has 0 aliphatic carbocycles. The van der Waals surface area contributed by atoms with Crippen LogP contribution in [0.5, 0.6) is 0 Å². The van der Waals surface area contributed by atoms with Crippen molar-refractivity contribution in [1.82, 2.24) is 10.0 Å². The molecule has 0 aromatic heterocycles. The van der Waals surface area contributed by atoms with E-state index in [1.165, 1.54) is 0 Å². The second kappa shape index (κ2) is 6.22. The summed E-state index contributed by atoms with van der Waals surface area (Å²) in [4.78, 5) is 10.9. The minimum absolute atomic E-state index is 0.392. The van der Waals surface area contributed by atoms with Gasteiger partial charge in [-0.05, 0) is 18.7 Å². The molecule has 0 unspecified atom stereocenters. The largest absolute Gasteiger partial charge is 0.452 e. The highest BCUT2D eigenvalue weighted by Gasteiger charge is 2.15. The molecule has 0 atom stereocenters. The maximum atomic E-state index is 11.6. The molecule has 1 rings (SSSR count). The third kappa shape index (κ3) is 4.22. The molecule has 0 spiro atoms. The molecule has 3 N–H and O–H groups in total. The summed E-state index contributed by atoms with van der Waals surface area (Å²) < 4.78 is 31.3. The Bertz CT molecular complexity index is 516. The summed E-state index contributed by atoms with van der Waals surface area (Å²) >= 11 is 0. The smallest absolute Gasteiger partial charge is 0.422 e. The normalized spacial score (nSPS) is 10.8. The van der Waals surface area contributed by atoms with Gasteiger partial charge in [0.05, 0.1) is 12.8 Å². The van der Waals surface area contributed by atoms with E-state index >= 15 is 0 Å². The monoisotopic (exact) mass is 273 g/mol. The molecule has 0 aliphatic heterocycles. The lowest BCUT2D eigenvalue weighted by Gasteiger charge is -2.12. The third-order valence-corrected chi connectivity index (χ3v) is 2.96. The molecule has 7 nitrogen and oxygen atoms in total. The van der Waals surface area contributed by atoms with E-state index in [2.05, 4.69) is 14.8 Å². The molecule has 0 bridgehead atoms. The van der Waals surface area contributed by atoms with E-state index in [9.17, 15) is 13.2 Å². The Kier molecular flexibility index (Phi) is 4.93. The molecule has 0 saturated heterocycles. The van der Waals surface area contributed by atoms with E-state index in [0.717, 1.165) is 12.7 Å². The summed E-state index contributed by atoms with van der Waals surface area (Å²) in [5, 5.41) is 2.92. The minimum atomic E-state index is -3.99. The fraction of sp³-hybridized carbons (Fsp3) is 0.300. The van der Waals surface area contributed by atoms with Crippen LogP contribution in [-0.2, 0) is 21.5 Å². The van der Waals surface area contributed by atoms with Crippen LogP contribution in [0.25, 0.3) is 0 Å². The van der Waals surface area contributed by atoms with Crippen LogP contribution < -0.4 is 14.8 Å². The van der Waals surface area contributed by atoms with Crippen molar-refractivity contribution in [3.05, 3.63) is 29.8 Å². The van der Waals surface area contributed by atoms with Gasteiger partial charge in [-0.2, -0.15) is 8.42 Å². The van der Waals surface area contributed by atoms with Crippen molar-refractivity contribution < 1.29 is 17.9 Å². The summed E-state index contributed by atoms with van der Waals surface area (Å²) in [7, 11) is -1.16. The first-order valence-corrected chi connectivity index (χ1v) is 6.58. The van der Waals surface area contributed by atoms with E-state index in [1.54, 1.807) is 36.0 Å². The van der Waals surface area contributed by atoms with Crippen molar-refractivity contribution in [1.29, 1.82) is 0 Å². The van der Waals surface area contributed by atoms with Crippen LogP contribution in [0, 0.1) is 0 Å². The molecule has 1 amide bonds. The number of carbonyl (C=O) groups is 1. The van der Waals surface area contributed by atoms with Gasteiger partial charge in [0.1, 0.15) is 0 Å². The fourth-order valence-corrected chi connectivity index (χ4v) is 2.13. The van der Waals surface area contributed by atoms with Gasteiger partial charge in [0.15, 0.2) is 0 Å². The number of para-hydroxylation sites is 1. The summed E-state index contributed by atoms with van der Waals surface area (Å²) in [6.07, 6.45) is -1.05. The molecule has 8 heteroatoms. The highest BCUT2D eigenvalue weighted by atomic mass is 32.2. The number of ether oxygens (including phenoxy) is 1. The third-order valence-electron chi connectivity index (χ3n) is 2.03. The number of anilines is 1. The van der Waals surface area contributed by atoms with Gasteiger partial charge in [-0.3, -0.25) is 4.72 Å². The number of hydrogen-bond acceptors (Lipinski definition) is 5. The van der Waals surface area contributed by atoms with Crippen LogP contribution in [-0.4, -0.2) is 28.7 Å². The molecule has 100 valence electrons. The lowest BCUT2D eigenvalue weighted by atomic mass is 10.2. The lowest BCUT2D eigenvalue weighted by Crippen LogP contribution is -2.35. The van der Waals surface area contributed by atoms with Crippen molar-refractivity contribution in [2.75, 3.05) is 18.9 Å². The van der Waals surface area contributed by atoms with E-state index < -0.39 is 16.3 Å². The molecule has 0 aliphatic rings. The second-order valence-electron chi connectivity index (χ2n) is 3.39. The van der Waals surface area contributed by atoms with Crippen LogP contribution in [0.1, 0.15) is 5.56 Å².